The SMILES string of the molecule is Cc1c(CN)cccc1S(=O)(=O)NCC1CCCO1. The summed E-state index contributed by atoms with van der Waals surface area (Å²) in [4.78, 5) is 0.299. The molecule has 0 amide bonds. The first-order valence-corrected chi connectivity index (χ1v) is 7.92. The van der Waals surface area contributed by atoms with E-state index in [2.05, 4.69) is 4.72 Å². The van der Waals surface area contributed by atoms with Crippen molar-refractivity contribution >= 4 is 10.0 Å². The number of hydrogen-bond acceptors (Lipinski definition) is 4. The summed E-state index contributed by atoms with van der Waals surface area (Å²) < 4.78 is 32.6. The molecule has 1 heterocycles. The molecule has 3 N–H and O–H groups in total. The molecule has 1 saturated heterocycles. The Morgan fingerprint density at radius 1 is 1.47 bits per heavy atom. The normalized spacial score (nSPS) is 19.8. The molecule has 1 aromatic rings. The van der Waals surface area contributed by atoms with Gasteiger partial charge in [-0.1, -0.05) is 12.1 Å². The number of nitrogens with two attached hydrogens (primary N) is 1. The molecule has 1 atom stereocenters. The molecule has 1 aliphatic heterocycles. The van der Waals surface area contributed by atoms with Crippen LogP contribution in [-0.2, 0) is 21.3 Å². The first-order chi connectivity index (χ1) is 9.04. The predicted octanol–water partition coefficient (Wildman–Crippen LogP) is 0.911. The third-order valence-electron chi connectivity index (χ3n) is 3.43. The maximum atomic E-state index is 12.3. The fraction of sp³-hybridized carbons (Fsp3) is 0.538. The Morgan fingerprint density at radius 2 is 2.26 bits per heavy atom. The van der Waals surface area contributed by atoms with E-state index in [1.165, 1.54) is 0 Å². The molecule has 0 aromatic heterocycles. The van der Waals surface area contributed by atoms with Crippen LogP contribution in [-0.4, -0.2) is 27.7 Å². The Balaban J connectivity index is 2.14. The van der Waals surface area contributed by atoms with Gasteiger partial charge < -0.3 is 10.5 Å². The van der Waals surface area contributed by atoms with Crippen molar-refractivity contribution in [1.82, 2.24) is 4.72 Å². The molecular formula is C13H20N2O3S. The molecule has 2 rings (SSSR count). The number of ether oxygens (including phenoxy) is 1. The van der Waals surface area contributed by atoms with E-state index in [-0.39, 0.29) is 6.10 Å². The molecule has 5 nitrogen and oxygen atoms in total. The minimum Gasteiger partial charge on any atom is -0.377 e. The van der Waals surface area contributed by atoms with Crippen molar-refractivity contribution in [2.24, 2.45) is 5.73 Å². The van der Waals surface area contributed by atoms with Crippen LogP contribution in [0.2, 0.25) is 0 Å². The van der Waals surface area contributed by atoms with Crippen LogP contribution in [0.5, 0.6) is 0 Å². The molecule has 19 heavy (non-hydrogen) atoms. The Kier molecular flexibility index (Phi) is 4.57. The van der Waals surface area contributed by atoms with Gasteiger partial charge in [-0.05, 0) is 37.0 Å². The molecule has 1 aromatic carbocycles. The van der Waals surface area contributed by atoms with Crippen LogP contribution >= 0.6 is 0 Å². The lowest BCUT2D eigenvalue weighted by Crippen LogP contribution is -2.32. The molecule has 0 spiro atoms. The Bertz CT molecular complexity index is 537. The maximum absolute atomic E-state index is 12.3. The van der Waals surface area contributed by atoms with Gasteiger partial charge in [-0.15, -0.1) is 0 Å². The monoisotopic (exact) mass is 284 g/mol. The zero-order valence-electron chi connectivity index (χ0n) is 11.1. The lowest BCUT2D eigenvalue weighted by atomic mass is 10.1. The fourth-order valence-corrected chi connectivity index (χ4v) is 3.61. The van der Waals surface area contributed by atoms with Gasteiger partial charge in [-0.2, -0.15) is 0 Å². The molecule has 1 unspecified atom stereocenters. The molecule has 0 bridgehead atoms. The van der Waals surface area contributed by atoms with E-state index in [9.17, 15) is 8.42 Å². The highest BCUT2D eigenvalue weighted by molar-refractivity contribution is 7.89. The maximum Gasteiger partial charge on any atom is 0.240 e. The summed E-state index contributed by atoms with van der Waals surface area (Å²) in [5.74, 6) is 0. The van der Waals surface area contributed by atoms with Crippen LogP contribution in [0.1, 0.15) is 24.0 Å². The van der Waals surface area contributed by atoms with Gasteiger partial charge >= 0.3 is 0 Å². The lowest BCUT2D eigenvalue weighted by Gasteiger charge is -2.14. The van der Waals surface area contributed by atoms with Crippen LogP contribution in [0, 0.1) is 6.92 Å². The standard InChI is InChI=1S/C13H20N2O3S/c1-10-11(8-14)4-2-6-13(10)19(16,17)15-9-12-5-3-7-18-12/h2,4,6,12,15H,3,5,7-9,14H2,1H3. The van der Waals surface area contributed by atoms with Gasteiger partial charge in [0, 0.05) is 19.7 Å². The van der Waals surface area contributed by atoms with Crippen LogP contribution in [0.3, 0.4) is 0 Å². The van der Waals surface area contributed by atoms with E-state index in [4.69, 9.17) is 10.5 Å². The van der Waals surface area contributed by atoms with Crippen molar-refractivity contribution in [3.05, 3.63) is 29.3 Å². The van der Waals surface area contributed by atoms with E-state index in [0.717, 1.165) is 18.4 Å². The van der Waals surface area contributed by atoms with Gasteiger partial charge in [-0.25, -0.2) is 13.1 Å². The highest BCUT2D eigenvalue weighted by Gasteiger charge is 2.22. The zero-order valence-corrected chi connectivity index (χ0v) is 11.9. The first kappa shape index (κ1) is 14.5. The minimum atomic E-state index is -3.50. The van der Waals surface area contributed by atoms with E-state index in [0.29, 0.717) is 30.2 Å². The van der Waals surface area contributed by atoms with Gasteiger partial charge in [0.15, 0.2) is 0 Å². The van der Waals surface area contributed by atoms with Crippen molar-refractivity contribution in [3.63, 3.8) is 0 Å². The van der Waals surface area contributed by atoms with Crippen molar-refractivity contribution < 1.29 is 13.2 Å². The van der Waals surface area contributed by atoms with E-state index in [1.54, 1.807) is 19.1 Å². The second-order valence-electron chi connectivity index (χ2n) is 4.73. The van der Waals surface area contributed by atoms with Crippen molar-refractivity contribution in [3.8, 4) is 0 Å². The summed E-state index contributed by atoms with van der Waals surface area (Å²) in [6.07, 6.45) is 1.89. The molecule has 106 valence electrons. The number of benzene rings is 1. The molecule has 6 heteroatoms. The number of sulfonamides is 1. The van der Waals surface area contributed by atoms with Crippen LogP contribution in [0.15, 0.2) is 23.1 Å². The van der Waals surface area contributed by atoms with E-state index >= 15 is 0 Å². The van der Waals surface area contributed by atoms with Crippen LogP contribution in [0.4, 0.5) is 0 Å². The first-order valence-electron chi connectivity index (χ1n) is 6.44. The average molecular weight is 284 g/mol. The van der Waals surface area contributed by atoms with Crippen molar-refractivity contribution in [2.45, 2.75) is 37.3 Å². The third kappa shape index (κ3) is 3.33. The Morgan fingerprint density at radius 3 is 2.89 bits per heavy atom. The van der Waals surface area contributed by atoms with Gasteiger partial charge in [-0.3, -0.25) is 0 Å². The molecule has 1 fully saturated rings. The highest BCUT2D eigenvalue weighted by atomic mass is 32.2. The van der Waals surface area contributed by atoms with Gasteiger partial charge in [0.05, 0.1) is 11.0 Å². The second kappa shape index (κ2) is 6.00. The topological polar surface area (TPSA) is 81.4 Å². The second-order valence-corrected chi connectivity index (χ2v) is 6.47. The lowest BCUT2D eigenvalue weighted by molar-refractivity contribution is 0.114. The van der Waals surface area contributed by atoms with Crippen LogP contribution in [0.25, 0.3) is 0 Å². The van der Waals surface area contributed by atoms with Crippen LogP contribution < -0.4 is 10.5 Å². The summed E-state index contributed by atoms with van der Waals surface area (Å²) in [6.45, 7) is 3.16. The summed E-state index contributed by atoms with van der Waals surface area (Å²) in [6, 6.07) is 5.16. The Hall–Kier alpha value is -0.950. The van der Waals surface area contributed by atoms with Gasteiger partial charge in [0.2, 0.25) is 10.0 Å². The molecule has 0 aliphatic carbocycles. The van der Waals surface area contributed by atoms with Gasteiger partial charge in [0.1, 0.15) is 0 Å². The molecular weight excluding hydrogens is 264 g/mol. The van der Waals surface area contributed by atoms with E-state index in [1.807, 2.05) is 6.07 Å². The summed E-state index contributed by atoms with van der Waals surface area (Å²) in [7, 11) is -3.50. The third-order valence-corrected chi connectivity index (χ3v) is 5.00. The smallest absolute Gasteiger partial charge is 0.240 e. The molecule has 0 saturated carbocycles. The summed E-state index contributed by atoms with van der Waals surface area (Å²) >= 11 is 0. The largest absolute Gasteiger partial charge is 0.377 e. The van der Waals surface area contributed by atoms with Gasteiger partial charge in [0.25, 0.3) is 0 Å². The summed E-state index contributed by atoms with van der Waals surface area (Å²) in [5, 5.41) is 0. The predicted molar refractivity (Wildman–Crippen MR) is 73.2 cm³/mol. The Labute approximate surface area is 114 Å². The zero-order chi connectivity index (χ0) is 13.9. The molecule has 0 radical (unpaired) electrons. The number of hydrogen-bond donors (Lipinski definition) is 2. The number of rotatable bonds is 5. The quantitative estimate of drug-likeness (QED) is 0.842. The number of nitrogens with one attached hydrogen (secondary N) is 1. The van der Waals surface area contributed by atoms with E-state index < -0.39 is 10.0 Å². The average Bonchev–Trinajstić information content (AvgIpc) is 2.90. The minimum absolute atomic E-state index is 0.00669. The highest BCUT2D eigenvalue weighted by Crippen LogP contribution is 2.19. The van der Waals surface area contributed by atoms with Crippen molar-refractivity contribution in [2.75, 3.05) is 13.2 Å². The summed E-state index contributed by atoms with van der Waals surface area (Å²) in [5.41, 5.74) is 7.16. The molecule has 1 aliphatic rings. The van der Waals surface area contributed by atoms with Crippen molar-refractivity contribution in [1.29, 1.82) is 0 Å². The fourth-order valence-electron chi connectivity index (χ4n) is 2.26.